The lowest BCUT2D eigenvalue weighted by molar-refractivity contribution is -0.402. The van der Waals surface area contributed by atoms with Crippen LogP contribution >= 0.6 is 0 Å². The van der Waals surface area contributed by atoms with Gasteiger partial charge in [0.05, 0.1) is 17.8 Å². The predicted molar refractivity (Wildman–Crippen MR) is 52.7 cm³/mol. The molecular weight excluding hydrogens is 184 g/mol. The number of hydrogen-bond donors (Lipinski definition) is 0. The summed E-state index contributed by atoms with van der Waals surface area (Å²) >= 11 is 0. The molecule has 5 nitrogen and oxygen atoms in total. The fraction of sp³-hybridized carbons (Fsp3) is 0.444. The van der Waals surface area contributed by atoms with Crippen LogP contribution in [-0.2, 0) is 0 Å². The lowest BCUT2D eigenvalue weighted by Gasteiger charge is -2.09. The van der Waals surface area contributed by atoms with Crippen molar-refractivity contribution >= 4 is 12.1 Å². The zero-order valence-corrected chi connectivity index (χ0v) is 8.35. The number of furan rings is 1. The minimum atomic E-state index is -0.575. The molecule has 0 fully saturated rings. The van der Waals surface area contributed by atoms with Crippen molar-refractivity contribution in [3.63, 3.8) is 0 Å². The predicted octanol–water partition coefficient (Wildman–Crippen LogP) is 2.41. The van der Waals surface area contributed by atoms with E-state index in [9.17, 15) is 10.1 Å². The van der Waals surface area contributed by atoms with Gasteiger partial charge in [0, 0.05) is 0 Å². The van der Waals surface area contributed by atoms with Gasteiger partial charge in [0.2, 0.25) is 0 Å². The number of nitro groups is 1. The van der Waals surface area contributed by atoms with Crippen molar-refractivity contribution in [2.24, 2.45) is 4.99 Å². The summed E-state index contributed by atoms with van der Waals surface area (Å²) in [6, 6.07) is 2.83. The average Bonchev–Trinajstić information content (AvgIpc) is 2.47. The topological polar surface area (TPSA) is 68.6 Å². The van der Waals surface area contributed by atoms with Crippen LogP contribution in [0.3, 0.4) is 0 Å². The van der Waals surface area contributed by atoms with Crippen LogP contribution in [0.25, 0.3) is 0 Å². The van der Waals surface area contributed by atoms with Gasteiger partial charge in [-0.3, -0.25) is 15.1 Å². The van der Waals surface area contributed by atoms with E-state index in [0.29, 0.717) is 5.76 Å². The molecule has 0 saturated carbocycles. The molecule has 1 heterocycles. The molecule has 0 amide bonds. The van der Waals surface area contributed by atoms with Crippen molar-refractivity contribution in [2.45, 2.75) is 26.3 Å². The summed E-state index contributed by atoms with van der Waals surface area (Å²) in [5.41, 5.74) is -0.207. The standard InChI is InChI=1S/C9H12N2O3/c1-9(2,3)10-6-7-4-5-8(14-7)11(12)13/h4-6H,1-3H3/b10-6+. The Morgan fingerprint density at radius 1 is 1.50 bits per heavy atom. The number of hydrogen-bond acceptors (Lipinski definition) is 4. The third kappa shape index (κ3) is 3.01. The highest BCUT2D eigenvalue weighted by molar-refractivity contribution is 5.76. The van der Waals surface area contributed by atoms with Gasteiger partial charge in [0.15, 0.2) is 5.76 Å². The maximum Gasteiger partial charge on any atom is 0.433 e. The second kappa shape index (κ2) is 3.61. The van der Waals surface area contributed by atoms with Gasteiger partial charge >= 0.3 is 5.88 Å². The SMILES string of the molecule is CC(C)(C)/N=C/c1ccc([N+](=O)[O-])o1. The molecule has 5 heteroatoms. The second-order valence-corrected chi connectivity index (χ2v) is 3.86. The first kappa shape index (κ1) is 10.4. The highest BCUT2D eigenvalue weighted by atomic mass is 16.6. The lowest BCUT2D eigenvalue weighted by Crippen LogP contribution is -2.09. The van der Waals surface area contributed by atoms with E-state index in [2.05, 4.69) is 4.99 Å². The van der Waals surface area contributed by atoms with Crippen LogP contribution in [-0.4, -0.2) is 16.7 Å². The fourth-order valence-corrected chi connectivity index (χ4v) is 0.767. The second-order valence-electron chi connectivity index (χ2n) is 3.86. The molecule has 1 aromatic heterocycles. The number of nitrogens with zero attached hydrogens (tertiary/aromatic N) is 2. The van der Waals surface area contributed by atoms with Crippen LogP contribution in [0.5, 0.6) is 0 Å². The molecule has 0 unspecified atom stereocenters. The summed E-state index contributed by atoms with van der Waals surface area (Å²) in [6.45, 7) is 5.79. The maximum atomic E-state index is 10.3. The van der Waals surface area contributed by atoms with Gasteiger partial charge in [-0.1, -0.05) is 0 Å². The number of rotatable bonds is 2. The molecule has 76 valence electrons. The van der Waals surface area contributed by atoms with Gasteiger partial charge in [0.1, 0.15) is 4.92 Å². The minimum absolute atomic E-state index is 0.207. The van der Waals surface area contributed by atoms with Gasteiger partial charge < -0.3 is 4.42 Å². The normalized spacial score (nSPS) is 12.2. The van der Waals surface area contributed by atoms with E-state index < -0.39 is 4.92 Å². The molecule has 0 radical (unpaired) electrons. The Bertz CT molecular complexity index is 360. The quantitative estimate of drug-likeness (QED) is 0.414. The molecule has 0 aliphatic carbocycles. The van der Waals surface area contributed by atoms with Crippen molar-refractivity contribution in [1.29, 1.82) is 0 Å². The molecule has 0 bridgehead atoms. The molecule has 0 aromatic carbocycles. The highest BCUT2D eigenvalue weighted by Crippen LogP contribution is 2.15. The lowest BCUT2D eigenvalue weighted by atomic mass is 10.1. The third-order valence-corrected chi connectivity index (χ3v) is 1.37. The molecule has 1 rings (SSSR count). The molecule has 1 aromatic rings. The van der Waals surface area contributed by atoms with Gasteiger partial charge in [-0.2, -0.15) is 0 Å². The molecule has 0 spiro atoms. The van der Waals surface area contributed by atoms with E-state index >= 15 is 0 Å². The monoisotopic (exact) mass is 196 g/mol. The third-order valence-electron chi connectivity index (χ3n) is 1.37. The van der Waals surface area contributed by atoms with Gasteiger partial charge in [0.25, 0.3) is 0 Å². The highest BCUT2D eigenvalue weighted by Gasteiger charge is 2.11. The van der Waals surface area contributed by atoms with E-state index in [1.165, 1.54) is 18.3 Å². The first-order valence-electron chi connectivity index (χ1n) is 4.18. The zero-order valence-electron chi connectivity index (χ0n) is 8.35. The van der Waals surface area contributed by atoms with Crippen LogP contribution in [0.4, 0.5) is 5.88 Å². The molecule has 0 atom stereocenters. The first-order valence-corrected chi connectivity index (χ1v) is 4.18. The van der Waals surface area contributed by atoms with Gasteiger partial charge in [-0.05, 0) is 26.8 Å². The Hall–Kier alpha value is -1.65. The Balaban J connectivity index is 2.79. The molecule has 14 heavy (non-hydrogen) atoms. The first-order chi connectivity index (χ1) is 6.38. The summed E-state index contributed by atoms with van der Waals surface area (Å²) in [6.07, 6.45) is 1.49. The van der Waals surface area contributed by atoms with Crippen LogP contribution in [0.15, 0.2) is 21.5 Å². The average molecular weight is 196 g/mol. The Morgan fingerprint density at radius 3 is 2.57 bits per heavy atom. The summed E-state index contributed by atoms with van der Waals surface area (Å²) in [7, 11) is 0. The van der Waals surface area contributed by atoms with Crippen LogP contribution in [0.1, 0.15) is 26.5 Å². The van der Waals surface area contributed by atoms with Crippen molar-refractivity contribution in [3.8, 4) is 0 Å². The smallest absolute Gasteiger partial charge is 0.400 e. The molecule has 0 saturated heterocycles. The van der Waals surface area contributed by atoms with Crippen molar-refractivity contribution in [1.82, 2.24) is 0 Å². The molecule has 0 N–H and O–H groups in total. The largest absolute Gasteiger partial charge is 0.433 e. The maximum absolute atomic E-state index is 10.3. The Labute approximate surface area is 81.6 Å². The van der Waals surface area contributed by atoms with E-state index in [1.54, 1.807) is 0 Å². The van der Waals surface area contributed by atoms with Crippen LogP contribution in [0, 0.1) is 10.1 Å². The molecule has 0 aliphatic rings. The minimum Gasteiger partial charge on any atom is -0.400 e. The molecule has 0 aliphatic heterocycles. The molecular formula is C9H12N2O3. The van der Waals surface area contributed by atoms with E-state index in [0.717, 1.165) is 0 Å². The van der Waals surface area contributed by atoms with Crippen molar-refractivity contribution in [2.75, 3.05) is 0 Å². The van der Waals surface area contributed by atoms with Crippen LogP contribution in [0.2, 0.25) is 0 Å². The fourth-order valence-electron chi connectivity index (χ4n) is 0.767. The Morgan fingerprint density at radius 2 is 2.14 bits per heavy atom. The van der Waals surface area contributed by atoms with Crippen LogP contribution < -0.4 is 0 Å². The summed E-state index contributed by atoms with van der Waals surface area (Å²) in [4.78, 5) is 13.9. The summed E-state index contributed by atoms with van der Waals surface area (Å²) in [5.74, 6) is 0.131. The van der Waals surface area contributed by atoms with E-state index in [1.807, 2.05) is 20.8 Å². The zero-order chi connectivity index (χ0) is 10.8. The van der Waals surface area contributed by atoms with Crippen molar-refractivity contribution < 1.29 is 9.34 Å². The van der Waals surface area contributed by atoms with Gasteiger partial charge in [-0.25, -0.2) is 0 Å². The Kier molecular flexibility index (Phi) is 2.69. The van der Waals surface area contributed by atoms with E-state index in [-0.39, 0.29) is 11.4 Å². The van der Waals surface area contributed by atoms with E-state index in [4.69, 9.17) is 4.42 Å². The van der Waals surface area contributed by atoms with Crippen molar-refractivity contribution in [3.05, 3.63) is 28.0 Å². The number of aliphatic imine (C=N–C) groups is 1. The summed E-state index contributed by atoms with van der Waals surface area (Å²) in [5, 5.41) is 10.3. The summed E-state index contributed by atoms with van der Waals surface area (Å²) < 4.78 is 4.89. The van der Waals surface area contributed by atoms with Gasteiger partial charge in [-0.15, -0.1) is 0 Å².